The van der Waals surface area contributed by atoms with Gasteiger partial charge in [0.05, 0.1) is 6.42 Å². The first-order chi connectivity index (χ1) is 10.1. The van der Waals surface area contributed by atoms with Gasteiger partial charge in [-0.25, -0.2) is 4.79 Å². The van der Waals surface area contributed by atoms with Gasteiger partial charge in [-0.3, -0.25) is 4.79 Å². The molecule has 0 spiro atoms. The molecular weight excluding hydrogens is 268 g/mol. The van der Waals surface area contributed by atoms with E-state index in [0.29, 0.717) is 29.1 Å². The first kappa shape index (κ1) is 13.9. The lowest BCUT2D eigenvalue weighted by molar-refractivity contribution is -0.136. The van der Waals surface area contributed by atoms with E-state index in [0.717, 1.165) is 0 Å². The van der Waals surface area contributed by atoms with E-state index in [4.69, 9.17) is 5.11 Å². The molecule has 2 aliphatic carbocycles. The van der Waals surface area contributed by atoms with Gasteiger partial charge in [0.15, 0.2) is 0 Å². The van der Waals surface area contributed by atoms with Crippen LogP contribution < -0.4 is 10.6 Å². The van der Waals surface area contributed by atoms with E-state index < -0.39 is 5.97 Å². The van der Waals surface area contributed by atoms with Gasteiger partial charge in [0.1, 0.15) is 0 Å². The van der Waals surface area contributed by atoms with Crippen molar-refractivity contribution in [3.05, 3.63) is 29.8 Å². The molecule has 2 fully saturated rings. The summed E-state index contributed by atoms with van der Waals surface area (Å²) in [6.45, 7) is 0. The summed E-state index contributed by atoms with van der Waals surface area (Å²) in [5.41, 5.74) is 1.32. The van der Waals surface area contributed by atoms with Crippen LogP contribution in [-0.2, 0) is 11.2 Å². The molecule has 0 bridgehead atoms. The number of hydrogen-bond acceptors (Lipinski definition) is 2. The summed E-state index contributed by atoms with van der Waals surface area (Å²) < 4.78 is 0. The Balaban J connectivity index is 1.57. The number of aliphatic carboxylic acids is 1. The second-order valence-electron chi connectivity index (χ2n) is 6.07. The van der Waals surface area contributed by atoms with E-state index in [1.807, 2.05) is 0 Å². The Morgan fingerprint density at radius 3 is 2.43 bits per heavy atom. The molecule has 5 heteroatoms. The zero-order valence-corrected chi connectivity index (χ0v) is 11.8. The van der Waals surface area contributed by atoms with E-state index in [1.165, 1.54) is 25.7 Å². The maximum Gasteiger partial charge on any atom is 0.319 e. The second kappa shape index (κ2) is 5.76. The standard InChI is InChI=1S/C16H20N2O3/c19-14(20)9-10-2-1-3-13(8-10)17-16(21)18-15(11-4-5-11)12-6-7-12/h1-3,8,11-12,15H,4-7,9H2,(H,19,20)(H2,17,18,21). The van der Waals surface area contributed by atoms with Crippen LogP contribution in [0.3, 0.4) is 0 Å². The molecule has 0 atom stereocenters. The van der Waals surface area contributed by atoms with Crippen LogP contribution in [0, 0.1) is 11.8 Å². The number of carboxylic acid groups (broad SMARTS) is 1. The quantitative estimate of drug-likeness (QED) is 0.753. The van der Waals surface area contributed by atoms with Crippen LogP contribution in [0.4, 0.5) is 10.5 Å². The fraction of sp³-hybridized carbons (Fsp3) is 0.500. The average Bonchev–Trinajstić information content (AvgIpc) is 3.27. The lowest BCUT2D eigenvalue weighted by Gasteiger charge is -2.18. The number of rotatable bonds is 6. The molecule has 2 aliphatic rings. The Morgan fingerprint density at radius 2 is 1.86 bits per heavy atom. The Bertz CT molecular complexity index is 538. The summed E-state index contributed by atoms with van der Waals surface area (Å²) in [7, 11) is 0. The maximum atomic E-state index is 12.1. The molecule has 2 saturated carbocycles. The molecule has 0 unspecified atom stereocenters. The third kappa shape index (κ3) is 3.97. The third-order valence-electron chi connectivity index (χ3n) is 4.10. The van der Waals surface area contributed by atoms with Crippen LogP contribution >= 0.6 is 0 Å². The molecule has 112 valence electrons. The summed E-state index contributed by atoms with van der Waals surface area (Å²) in [6.07, 6.45) is 4.83. The molecule has 0 aliphatic heterocycles. The van der Waals surface area contributed by atoms with Gasteiger partial charge in [-0.15, -0.1) is 0 Å². The van der Waals surface area contributed by atoms with Gasteiger partial charge in [0, 0.05) is 11.7 Å². The molecule has 1 aromatic carbocycles. The highest BCUT2D eigenvalue weighted by Crippen LogP contribution is 2.44. The Labute approximate surface area is 123 Å². The fourth-order valence-corrected chi connectivity index (χ4v) is 2.78. The predicted octanol–water partition coefficient (Wildman–Crippen LogP) is 2.62. The zero-order chi connectivity index (χ0) is 14.8. The molecule has 21 heavy (non-hydrogen) atoms. The van der Waals surface area contributed by atoms with Crippen molar-refractivity contribution < 1.29 is 14.7 Å². The lowest BCUT2D eigenvalue weighted by atomic mass is 10.1. The summed E-state index contributed by atoms with van der Waals surface area (Å²) in [6, 6.07) is 7.10. The van der Waals surface area contributed by atoms with Crippen molar-refractivity contribution in [3.8, 4) is 0 Å². The molecule has 0 saturated heterocycles. The first-order valence-corrected chi connectivity index (χ1v) is 7.50. The summed E-state index contributed by atoms with van der Waals surface area (Å²) in [5, 5.41) is 14.7. The molecule has 5 nitrogen and oxygen atoms in total. The normalized spacial score (nSPS) is 17.6. The first-order valence-electron chi connectivity index (χ1n) is 7.50. The molecular formula is C16H20N2O3. The number of hydrogen-bond donors (Lipinski definition) is 3. The van der Waals surface area contributed by atoms with Crippen molar-refractivity contribution in [2.24, 2.45) is 11.8 Å². The van der Waals surface area contributed by atoms with E-state index in [-0.39, 0.29) is 12.5 Å². The van der Waals surface area contributed by atoms with Crippen molar-refractivity contribution in [2.75, 3.05) is 5.32 Å². The van der Waals surface area contributed by atoms with Gasteiger partial charge in [-0.1, -0.05) is 12.1 Å². The van der Waals surface area contributed by atoms with E-state index in [2.05, 4.69) is 10.6 Å². The molecule has 1 aromatic rings. The van der Waals surface area contributed by atoms with Gasteiger partial charge in [0.2, 0.25) is 0 Å². The maximum absolute atomic E-state index is 12.1. The highest BCUT2D eigenvalue weighted by Gasteiger charge is 2.42. The third-order valence-corrected chi connectivity index (χ3v) is 4.10. The molecule has 0 aromatic heterocycles. The smallest absolute Gasteiger partial charge is 0.319 e. The van der Waals surface area contributed by atoms with Crippen molar-refractivity contribution >= 4 is 17.7 Å². The minimum Gasteiger partial charge on any atom is -0.481 e. The van der Waals surface area contributed by atoms with Crippen molar-refractivity contribution in [3.63, 3.8) is 0 Å². The highest BCUT2D eigenvalue weighted by atomic mass is 16.4. The number of carboxylic acids is 1. The number of benzene rings is 1. The van der Waals surface area contributed by atoms with Gasteiger partial charge >= 0.3 is 12.0 Å². The van der Waals surface area contributed by atoms with Gasteiger partial charge in [-0.2, -0.15) is 0 Å². The monoisotopic (exact) mass is 288 g/mol. The van der Waals surface area contributed by atoms with Gasteiger partial charge in [-0.05, 0) is 55.2 Å². The fourth-order valence-electron chi connectivity index (χ4n) is 2.78. The van der Waals surface area contributed by atoms with Gasteiger partial charge in [0.25, 0.3) is 0 Å². The molecule has 3 rings (SSSR count). The topological polar surface area (TPSA) is 78.4 Å². The van der Waals surface area contributed by atoms with Crippen LogP contribution in [0.1, 0.15) is 31.2 Å². The van der Waals surface area contributed by atoms with Crippen LogP contribution in [0.5, 0.6) is 0 Å². The largest absolute Gasteiger partial charge is 0.481 e. The van der Waals surface area contributed by atoms with Crippen molar-refractivity contribution in [1.82, 2.24) is 5.32 Å². The number of amides is 2. The number of nitrogens with one attached hydrogen (secondary N) is 2. The zero-order valence-electron chi connectivity index (χ0n) is 11.8. The minimum absolute atomic E-state index is 0.0378. The lowest BCUT2D eigenvalue weighted by Crippen LogP contribution is -2.40. The number of urea groups is 1. The van der Waals surface area contributed by atoms with Crippen LogP contribution in [0.2, 0.25) is 0 Å². The van der Waals surface area contributed by atoms with Crippen LogP contribution in [0.25, 0.3) is 0 Å². The summed E-state index contributed by atoms with van der Waals surface area (Å²) in [5.74, 6) is 0.433. The molecule has 0 radical (unpaired) electrons. The van der Waals surface area contributed by atoms with Crippen LogP contribution in [-0.4, -0.2) is 23.1 Å². The van der Waals surface area contributed by atoms with Crippen LogP contribution in [0.15, 0.2) is 24.3 Å². The Morgan fingerprint density at radius 1 is 1.19 bits per heavy atom. The SMILES string of the molecule is O=C(O)Cc1cccc(NC(=O)NC(C2CC2)C2CC2)c1. The van der Waals surface area contributed by atoms with Crippen molar-refractivity contribution in [1.29, 1.82) is 0 Å². The highest BCUT2D eigenvalue weighted by molar-refractivity contribution is 5.89. The minimum atomic E-state index is -0.876. The number of anilines is 1. The van der Waals surface area contributed by atoms with E-state index in [1.54, 1.807) is 24.3 Å². The number of carbonyl (C=O) groups excluding carboxylic acids is 1. The summed E-state index contributed by atoms with van der Waals surface area (Å²) in [4.78, 5) is 22.8. The molecule has 2 amide bonds. The predicted molar refractivity (Wildman–Crippen MR) is 79.2 cm³/mol. The van der Waals surface area contributed by atoms with Gasteiger partial charge < -0.3 is 15.7 Å². The second-order valence-corrected chi connectivity index (χ2v) is 6.07. The molecule has 0 heterocycles. The Hall–Kier alpha value is -2.04. The van der Waals surface area contributed by atoms with Crippen molar-refractivity contribution in [2.45, 2.75) is 38.1 Å². The van der Waals surface area contributed by atoms with E-state index >= 15 is 0 Å². The number of carbonyl (C=O) groups is 2. The van der Waals surface area contributed by atoms with E-state index in [9.17, 15) is 9.59 Å². The molecule has 3 N–H and O–H groups in total. The summed E-state index contributed by atoms with van der Waals surface area (Å²) >= 11 is 0. The Kier molecular flexibility index (Phi) is 3.82. The average molecular weight is 288 g/mol.